The third-order valence-corrected chi connectivity index (χ3v) is 5.59. The zero-order valence-electron chi connectivity index (χ0n) is 18.0. The second-order valence-corrected chi connectivity index (χ2v) is 8.09. The van der Waals surface area contributed by atoms with E-state index in [0.717, 1.165) is 60.6 Å². The number of fused-ring (bicyclic) bond motifs is 1. The summed E-state index contributed by atoms with van der Waals surface area (Å²) in [7, 11) is 5.82. The van der Waals surface area contributed by atoms with Gasteiger partial charge in [0, 0.05) is 25.5 Å². The van der Waals surface area contributed by atoms with Gasteiger partial charge in [0.2, 0.25) is 5.95 Å². The number of imidazole rings is 1. The van der Waals surface area contributed by atoms with Gasteiger partial charge in [0.05, 0.1) is 12.6 Å². The number of nitrogens with one attached hydrogen (secondary N) is 2. The van der Waals surface area contributed by atoms with E-state index >= 15 is 0 Å². The van der Waals surface area contributed by atoms with Crippen LogP contribution in [0.15, 0.2) is 43.0 Å². The van der Waals surface area contributed by atoms with Crippen LogP contribution in [0.5, 0.6) is 5.75 Å². The number of benzene rings is 2. The minimum Gasteiger partial charge on any atom is -0.494 e. The SMILES string of the molecule is C=C(Nc1nc2c(C3CCOCC3)ccc(OC)c2[nH]1)c1ccc(CN(C)C)cc1. The molecule has 0 radical (unpaired) electrons. The third-order valence-electron chi connectivity index (χ3n) is 5.59. The molecule has 2 heterocycles. The Morgan fingerprint density at radius 3 is 2.60 bits per heavy atom. The van der Waals surface area contributed by atoms with Crippen molar-refractivity contribution in [1.29, 1.82) is 0 Å². The Hall–Kier alpha value is -2.83. The van der Waals surface area contributed by atoms with Gasteiger partial charge in [0.15, 0.2) is 0 Å². The third kappa shape index (κ3) is 4.35. The first-order valence-corrected chi connectivity index (χ1v) is 10.4. The second-order valence-electron chi connectivity index (χ2n) is 8.09. The minimum atomic E-state index is 0.454. The van der Waals surface area contributed by atoms with Gasteiger partial charge in [-0.25, -0.2) is 4.98 Å². The summed E-state index contributed by atoms with van der Waals surface area (Å²) in [4.78, 5) is 10.4. The Morgan fingerprint density at radius 1 is 1.20 bits per heavy atom. The molecule has 0 atom stereocenters. The van der Waals surface area contributed by atoms with E-state index < -0.39 is 0 Å². The molecule has 0 saturated carbocycles. The highest BCUT2D eigenvalue weighted by Crippen LogP contribution is 2.36. The molecule has 0 spiro atoms. The van der Waals surface area contributed by atoms with Gasteiger partial charge < -0.3 is 24.7 Å². The van der Waals surface area contributed by atoms with E-state index in [1.165, 1.54) is 11.1 Å². The van der Waals surface area contributed by atoms with E-state index in [9.17, 15) is 0 Å². The highest BCUT2D eigenvalue weighted by molar-refractivity contribution is 5.88. The lowest BCUT2D eigenvalue weighted by atomic mass is 9.90. The number of hydrogen-bond donors (Lipinski definition) is 2. The lowest BCUT2D eigenvalue weighted by Crippen LogP contribution is -2.14. The average molecular weight is 407 g/mol. The van der Waals surface area contributed by atoms with E-state index in [-0.39, 0.29) is 0 Å². The second kappa shape index (κ2) is 8.90. The molecular formula is C24H30N4O2. The van der Waals surface area contributed by atoms with Gasteiger partial charge in [-0.2, -0.15) is 0 Å². The molecule has 0 unspecified atom stereocenters. The molecule has 3 aromatic rings. The molecule has 0 amide bonds. The Kier molecular flexibility index (Phi) is 6.06. The molecule has 2 aromatic carbocycles. The summed E-state index contributed by atoms with van der Waals surface area (Å²) >= 11 is 0. The Labute approximate surface area is 177 Å². The van der Waals surface area contributed by atoms with Crippen molar-refractivity contribution < 1.29 is 9.47 Å². The first-order valence-electron chi connectivity index (χ1n) is 10.4. The van der Waals surface area contributed by atoms with Crippen molar-refractivity contribution >= 4 is 22.7 Å². The van der Waals surface area contributed by atoms with E-state index in [1.807, 2.05) is 6.07 Å². The van der Waals surface area contributed by atoms with Crippen LogP contribution in [-0.4, -0.2) is 49.3 Å². The summed E-state index contributed by atoms with van der Waals surface area (Å²) in [5, 5.41) is 3.34. The van der Waals surface area contributed by atoms with Crippen molar-refractivity contribution in [3.05, 3.63) is 59.7 Å². The number of methoxy groups -OCH3 is 1. The summed E-state index contributed by atoms with van der Waals surface area (Å²) in [6, 6.07) is 12.6. The number of anilines is 1. The number of H-pyrrole nitrogens is 1. The zero-order valence-corrected chi connectivity index (χ0v) is 18.0. The Bertz CT molecular complexity index is 1020. The van der Waals surface area contributed by atoms with Crippen molar-refractivity contribution in [3.8, 4) is 5.75 Å². The number of hydrogen-bond acceptors (Lipinski definition) is 5. The summed E-state index contributed by atoms with van der Waals surface area (Å²) in [6.07, 6.45) is 2.03. The summed E-state index contributed by atoms with van der Waals surface area (Å²) in [5.41, 5.74) is 6.23. The largest absolute Gasteiger partial charge is 0.494 e. The zero-order chi connectivity index (χ0) is 21.1. The van der Waals surface area contributed by atoms with Gasteiger partial charge in [0.1, 0.15) is 11.3 Å². The Balaban J connectivity index is 1.58. The lowest BCUT2D eigenvalue weighted by molar-refractivity contribution is 0.0856. The van der Waals surface area contributed by atoms with Crippen molar-refractivity contribution in [1.82, 2.24) is 14.9 Å². The lowest BCUT2D eigenvalue weighted by Gasteiger charge is -2.22. The van der Waals surface area contributed by atoms with Gasteiger partial charge in [-0.3, -0.25) is 0 Å². The van der Waals surface area contributed by atoms with Gasteiger partial charge in [-0.15, -0.1) is 0 Å². The van der Waals surface area contributed by atoms with Crippen LogP contribution in [0.3, 0.4) is 0 Å². The highest BCUT2D eigenvalue weighted by Gasteiger charge is 2.21. The van der Waals surface area contributed by atoms with Crippen molar-refractivity contribution in [3.63, 3.8) is 0 Å². The average Bonchev–Trinajstić information content (AvgIpc) is 3.17. The standard InChI is InChI=1S/C24H30N4O2/c1-16(18-7-5-17(6-8-18)15-28(2)3)25-24-26-22-20(19-11-13-30-14-12-19)9-10-21(29-4)23(22)27-24/h5-10,19H,1,11-15H2,2-4H3,(H2,25,26,27). The normalized spacial score (nSPS) is 14.9. The molecule has 1 aliphatic heterocycles. The molecule has 6 heteroatoms. The number of aromatic nitrogens is 2. The maximum atomic E-state index is 5.57. The van der Waals surface area contributed by atoms with Gasteiger partial charge in [0.25, 0.3) is 0 Å². The molecule has 158 valence electrons. The van der Waals surface area contributed by atoms with Gasteiger partial charge in [-0.05, 0) is 55.6 Å². The molecule has 1 aliphatic rings. The topological polar surface area (TPSA) is 62.4 Å². The van der Waals surface area contributed by atoms with Crippen molar-refractivity contribution in [2.45, 2.75) is 25.3 Å². The molecular weight excluding hydrogens is 376 g/mol. The fourth-order valence-electron chi connectivity index (χ4n) is 4.05. The van der Waals surface area contributed by atoms with E-state index in [0.29, 0.717) is 11.9 Å². The number of ether oxygens (including phenoxy) is 2. The van der Waals surface area contributed by atoms with Gasteiger partial charge in [-0.1, -0.05) is 36.9 Å². The van der Waals surface area contributed by atoms with E-state index in [4.69, 9.17) is 14.5 Å². The number of nitrogens with zero attached hydrogens (tertiary/aromatic N) is 2. The van der Waals surface area contributed by atoms with Crippen LogP contribution >= 0.6 is 0 Å². The van der Waals surface area contributed by atoms with Crippen molar-refractivity contribution in [2.75, 3.05) is 39.7 Å². The molecule has 2 N–H and O–H groups in total. The van der Waals surface area contributed by atoms with E-state index in [1.54, 1.807) is 7.11 Å². The van der Waals surface area contributed by atoms with Crippen LogP contribution in [0.1, 0.15) is 35.4 Å². The predicted octanol–water partition coefficient (Wildman–Crippen LogP) is 4.61. The summed E-state index contributed by atoms with van der Waals surface area (Å²) in [6.45, 7) is 6.72. The highest BCUT2D eigenvalue weighted by atomic mass is 16.5. The summed E-state index contributed by atoms with van der Waals surface area (Å²) < 4.78 is 11.1. The van der Waals surface area contributed by atoms with Crippen LogP contribution in [-0.2, 0) is 11.3 Å². The quantitative estimate of drug-likeness (QED) is 0.600. The molecule has 1 aromatic heterocycles. The molecule has 6 nitrogen and oxygen atoms in total. The maximum absolute atomic E-state index is 5.57. The summed E-state index contributed by atoms with van der Waals surface area (Å²) in [5.74, 6) is 1.92. The number of rotatable bonds is 7. The fraction of sp³-hybridized carbons (Fsp3) is 0.375. The predicted molar refractivity (Wildman–Crippen MR) is 122 cm³/mol. The molecule has 1 saturated heterocycles. The Morgan fingerprint density at radius 2 is 1.93 bits per heavy atom. The van der Waals surface area contributed by atoms with Crippen LogP contribution in [0.4, 0.5) is 5.95 Å². The molecule has 0 aliphatic carbocycles. The monoisotopic (exact) mass is 406 g/mol. The molecule has 1 fully saturated rings. The van der Waals surface area contributed by atoms with Crippen LogP contribution in [0, 0.1) is 0 Å². The van der Waals surface area contributed by atoms with Crippen molar-refractivity contribution in [2.24, 2.45) is 0 Å². The first-order chi connectivity index (χ1) is 14.5. The molecule has 30 heavy (non-hydrogen) atoms. The van der Waals surface area contributed by atoms with Crippen LogP contribution < -0.4 is 10.1 Å². The van der Waals surface area contributed by atoms with Crippen LogP contribution in [0.25, 0.3) is 16.7 Å². The molecule has 0 bridgehead atoms. The first kappa shape index (κ1) is 20.4. The van der Waals surface area contributed by atoms with Gasteiger partial charge >= 0.3 is 0 Å². The van der Waals surface area contributed by atoms with Crippen LogP contribution in [0.2, 0.25) is 0 Å². The van der Waals surface area contributed by atoms with E-state index in [2.05, 4.69) is 66.2 Å². The smallest absolute Gasteiger partial charge is 0.205 e. The maximum Gasteiger partial charge on any atom is 0.205 e. The number of aromatic amines is 1. The minimum absolute atomic E-state index is 0.454. The molecule has 4 rings (SSSR count). The fourth-order valence-corrected chi connectivity index (χ4v) is 4.05.